The first kappa shape index (κ1) is 30.3. The summed E-state index contributed by atoms with van der Waals surface area (Å²) in [5.74, 6) is -2.25. The van der Waals surface area contributed by atoms with Crippen LogP contribution < -0.4 is 10.6 Å². The quantitative estimate of drug-likeness (QED) is 0.325. The predicted molar refractivity (Wildman–Crippen MR) is 149 cm³/mol. The van der Waals surface area contributed by atoms with Crippen LogP contribution in [0.3, 0.4) is 0 Å². The Labute approximate surface area is 234 Å². The first-order chi connectivity index (χ1) is 19.2. The largest absolute Gasteiger partial charge is 0.481 e. The maximum absolute atomic E-state index is 13.6. The molecule has 214 valence electrons. The van der Waals surface area contributed by atoms with Crippen molar-refractivity contribution in [3.05, 3.63) is 71.8 Å². The molecule has 1 aliphatic heterocycles. The van der Waals surface area contributed by atoms with Crippen LogP contribution in [0.15, 0.2) is 60.7 Å². The summed E-state index contributed by atoms with van der Waals surface area (Å²) in [6.07, 6.45) is 1.69. The number of hydrogen-bond acceptors (Lipinski definition) is 5. The Bertz CT molecular complexity index is 1160. The Morgan fingerprint density at radius 3 is 2.10 bits per heavy atom. The Kier molecular flexibility index (Phi) is 11.7. The van der Waals surface area contributed by atoms with Crippen LogP contribution in [-0.2, 0) is 36.8 Å². The van der Waals surface area contributed by atoms with Gasteiger partial charge < -0.3 is 25.5 Å². The zero-order valence-corrected chi connectivity index (χ0v) is 22.9. The van der Waals surface area contributed by atoms with Crippen LogP contribution in [0.25, 0.3) is 0 Å². The van der Waals surface area contributed by atoms with E-state index in [9.17, 15) is 24.0 Å². The highest BCUT2D eigenvalue weighted by molar-refractivity contribution is 5.93. The second kappa shape index (κ2) is 15.4. The van der Waals surface area contributed by atoms with Crippen LogP contribution in [0.4, 0.5) is 0 Å². The molecule has 10 nitrogen and oxygen atoms in total. The van der Waals surface area contributed by atoms with Crippen LogP contribution >= 0.6 is 0 Å². The van der Waals surface area contributed by atoms with Gasteiger partial charge in [0.15, 0.2) is 0 Å². The van der Waals surface area contributed by atoms with Gasteiger partial charge in [0.1, 0.15) is 12.1 Å². The highest BCUT2D eigenvalue weighted by Crippen LogP contribution is 2.13. The lowest BCUT2D eigenvalue weighted by atomic mass is 10.1. The minimum absolute atomic E-state index is 0.0208. The van der Waals surface area contributed by atoms with Gasteiger partial charge in [0, 0.05) is 45.4 Å². The number of carboxylic acid groups (broad SMARTS) is 1. The van der Waals surface area contributed by atoms with Crippen molar-refractivity contribution in [2.24, 2.45) is 0 Å². The topological polar surface area (TPSA) is 136 Å². The summed E-state index contributed by atoms with van der Waals surface area (Å²) in [7, 11) is 0. The molecule has 0 bridgehead atoms. The number of carboxylic acids is 1. The number of benzene rings is 2. The average Bonchev–Trinajstić information content (AvgIpc) is 3.12. The van der Waals surface area contributed by atoms with Gasteiger partial charge in [-0.15, -0.1) is 0 Å². The van der Waals surface area contributed by atoms with Gasteiger partial charge in [0.2, 0.25) is 23.6 Å². The van der Waals surface area contributed by atoms with E-state index in [1.807, 2.05) is 60.7 Å². The molecule has 3 N–H and O–H groups in total. The molecular formula is C30H38N4O6. The predicted octanol–water partition coefficient (Wildman–Crippen LogP) is 1.78. The van der Waals surface area contributed by atoms with E-state index in [0.717, 1.165) is 11.1 Å². The number of nitrogens with one attached hydrogen (secondary N) is 2. The molecular weight excluding hydrogens is 512 g/mol. The number of aryl methyl sites for hydroxylation is 2. The number of hydrogen-bond donors (Lipinski definition) is 3. The Morgan fingerprint density at radius 2 is 1.50 bits per heavy atom. The number of nitrogens with zero attached hydrogens (tertiary/aromatic N) is 2. The number of carbonyl (C=O) groups excluding carboxylic acids is 4. The van der Waals surface area contributed by atoms with Crippen molar-refractivity contribution in [2.75, 3.05) is 26.2 Å². The highest BCUT2D eigenvalue weighted by Gasteiger charge is 2.37. The molecule has 40 heavy (non-hydrogen) atoms. The molecule has 0 aliphatic carbocycles. The average molecular weight is 551 g/mol. The van der Waals surface area contributed by atoms with Gasteiger partial charge >= 0.3 is 5.97 Å². The van der Waals surface area contributed by atoms with Crippen LogP contribution in [-0.4, -0.2) is 82.8 Å². The van der Waals surface area contributed by atoms with Crippen molar-refractivity contribution in [2.45, 2.75) is 57.5 Å². The third-order valence-electron chi connectivity index (χ3n) is 6.95. The Morgan fingerprint density at radius 1 is 0.900 bits per heavy atom. The van der Waals surface area contributed by atoms with E-state index in [1.54, 1.807) is 11.8 Å². The molecule has 0 aromatic heterocycles. The fraction of sp³-hybridized carbons (Fsp3) is 0.433. The lowest BCUT2D eigenvalue weighted by Gasteiger charge is -2.29. The molecule has 1 fully saturated rings. The van der Waals surface area contributed by atoms with Gasteiger partial charge in [-0.05, 0) is 37.3 Å². The van der Waals surface area contributed by atoms with Crippen molar-refractivity contribution in [1.29, 1.82) is 0 Å². The van der Waals surface area contributed by atoms with Crippen LogP contribution in [0.5, 0.6) is 0 Å². The minimum atomic E-state index is -0.992. The fourth-order valence-electron chi connectivity index (χ4n) is 4.61. The molecule has 4 amide bonds. The van der Waals surface area contributed by atoms with Crippen LogP contribution in [0, 0.1) is 0 Å². The molecule has 0 saturated carbocycles. The Hall–Kier alpha value is -4.21. The number of rotatable bonds is 13. The highest BCUT2D eigenvalue weighted by atomic mass is 16.4. The van der Waals surface area contributed by atoms with E-state index in [2.05, 4.69) is 10.6 Å². The third-order valence-corrected chi connectivity index (χ3v) is 6.95. The molecule has 3 rings (SSSR count). The van der Waals surface area contributed by atoms with Gasteiger partial charge in [0.05, 0.1) is 0 Å². The van der Waals surface area contributed by atoms with Crippen molar-refractivity contribution in [3.63, 3.8) is 0 Å². The van der Waals surface area contributed by atoms with E-state index in [1.165, 1.54) is 4.90 Å². The van der Waals surface area contributed by atoms with E-state index in [4.69, 9.17) is 5.11 Å². The zero-order chi connectivity index (χ0) is 28.9. The summed E-state index contributed by atoms with van der Waals surface area (Å²) in [5.41, 5.74) is 2.03. The SMILES string of the molecule is C[C@H](C(=O)NCCCC(=O)O)N1CCN(C(=O)CCc2ccccc2)C[C@H](NC(=O)CCc2ccccc2)C1=O. The lowest BCUT2D eigenvalue weighted by molar-refractivity contribution is -0.142. The molecule has 1 aliphatic rings. The maximum atomic E-state index is 13.6. The summed E-state index contributed by atoms with van der Waals surface area (Å²) < 4.78 is 0. The van der Waals surface area contributed by atoms with Crippen LogP contribution in [0.2, 0.25) is 0 Å². The molecule has 2 atom stereocenters. The van der Waals surface area contributed by atoms with Gasteiger partial charge in [-0.3, -0.25) is 24.0 Å². The summed E-state index contributed by atoms with van der Waals surface area (Å²) >= 11 is 0. The number of aliphatic carboxylic acids is 1. The van der Waals surface area contributed by atoms with Crippen molar-refractivity contribution in [3.8, 4) is 0 Å². The molecule has 0 unspecified atom stereocenters. The molecule has 0 radical (unpaired) electrons. The smallest absolute Gasteiger partial charge is 0.303 e. The second-order valence-corrected chi connectivity index (χ2v) is 9.93. The third kappa shape index (κ3) is 9.52. The number of amides is 4. The summed E-state index contributed by atoms with van der Waals surface area (Å²) in [6, 6.07) is 17.3. The molecule has 0 spiro atoms. The molecule has 2 aromatic carbocycles. The van der Waals surface area contributed by atoms with E-state index < -0.39 is 29.9 Å². The van der Waals surface area contributed by atoms with Crippen molar-refractivity contribution in [1.82, 2.24) is 20.4 Å². The zero-order valence-electron chi connectivity index (χ0n) is 22.9. The van der Waals surface area contributed by atoms with Gasteiger partial charge in [-0.1, -0.05) is 60.7 Å². The van der Waals surface area contributed by atoms with Crippen molar-refractivity contribution >= 4 is 29.6 Å². The van der Waals surface area contributed by atoms with Crippen molar-refractivity contribution < 1.29 is 29.1 Å². The standard InChI is InChI=1S/C30H38N4O6/c1-22(29(39)31-18-8-13-28(37)38)34-20-19-33(27(36)17-15-24-11-6-3-7-12-24)21-25(30(34)40)32-26(35)16-14-23-9-4-2-5-10-23/h2-7,9-12,22,25H,8,13-21H2,1H3,(H,31,39)(H,32,35)(H,37,38)/t22-,25+/m1/s1. The molecule has 2 aromatic rings. The van der Waals surface area contributed by atoms with E-state index in [-0.39, 0.29) is 63.7 Å². The lowest BCUT2D eigenvalue weighted by Crippen LogP contribution is -2.55. The van der Waals surface area contributed by atoms with Gasteiger partial charge in [0.25, 0.3) is 0 Å². The van der Waals surface area contributed by atoms with Gasteiger partial charge in [-0.25, -0.2) is 0 Å². The molecule has 1 heterocycles. The first-order valence-corrected chi connectivity index (χ1v) is 13.7. The van der Waals surface area contributed by atoms with E-state index in [0.29, 0.717) is 12.8 Å². The van der Waals surface area contributed by atoms with E-state index >= 15 is 0 Å². The molecule has 10 heteroatoms. The summed E-state index contributed by atoms with van der Waals surface area (Å²) in [6.45, 7) is 2.14. The second-order valence-electron chi connectivity index (χ2n) is 9.93. The minimum Gasteiger partial charge on any atom is -0.481 e. The van der Waals surface area contributed by atoms with Gasteiger partial charge in [-0.2, -0.15) is 0 Å². The van der Waals surface area contributed by atoms with Crippen LogP contribution in [0.1, 0.15) is 43.7 Å². The first-order valence-electron chi connectivity index (χ1n) is 13.7. The Balaban J connectivity index is 1.68. The monoisotopic (exact) mass is 550 g/mol. The molecule has 1 saturated heterocycles. The summed E-state index contributed by atoms with van der Waals surface area (Å²) in [4.78, 5) is 66.1. The number of carbonyl (C=O) groups is 5. The normalized spacial score (nSPS) is 16.1. The summed E-state index contributed by atoms with van der Waals surface area (Å²) in [5, 5.41) is 14.3. The maximum Gasteiger partial charge on any atom is 0.303 e. The fourth-order valence-corrected chi connectivity index (χ4v) is 4.61.